The molecule has 0 saturated heterocycles. The summed E-state index contributed by atoms with van der Waals surface area (Å²) in [6.07, 6.45) is 0.530. The standard InChI is InChI=1S/C10H11N3O3/c1-16-6-5-9-12-11-8-4-2-3-7(10(14)15)13(8)9/h2-4H,5-6H2,1H3,(H,14,15). The zero-order valence-electron chi connectivity index (χ0n) is 8.75. The fourth-order valence-electron chi connectivity index (χ4n) is 1.52. The topological polar surface area (TPSA) is 76.7 Å². The van der Waals surface area contributed by atoms with Crippen LogP contribution in [-0.4, -0.2) is 39.4 Å². The molecule has 16 heavy (non-hydrogen) atoms. The number of fused-ring (bicyclic) bond motifs is 1. The van der Waals surface area contributed by atoms with E-state index in [1.807, 2.05) is 0 Å². The fourth-order valence-corrected chi connectivity index (χ4v) is 1.52. The van der Waals surface area contributed by atoms with E-state index in [0.29, 0.717) is 24.5 Å². The molecule has 0 radical (unpaired) electrons. The predicted molar refractivity (Wildman–Crippen MR) is 55.5 cm³/mol. The van der Waals surface area contributed by atoms with Gasteiger partial charge < -0.3 is 9.84 Å². The van der Waals surface area contributed by atoms with Gasteiger partial charge in [-0.3, -0.25) is 4.40 Å². The monoisotopic (exact) mass is 221 g/mol. The number of aromatic carboxylic acids is 1. The van der Waals surface area contributed by atoms with E-state index >= 15 is 0 Å². The molecule has 6 heteroatoms. The second-order valence-electron chi connectivity index (χ2n) is 3.27. The first-order valence-corrected chi connectivity index (χ1v) is 4.79. The van der Waals surface area contributed by atoms with Crippen LogP contribution in [0.15, 0.2) is 18.2 Å². The molecule has 2 aromatic rings. The van der Waals surface area contributed by atoms with Crippen molar-refractivity contribution in [1.29, 1.82) is 0 Å². The van der Waals surface area contributed by atoms with Crippen LogP contribution in [0.2, 0.25) is 0 Å². The minimum Gasteiger partial charge on any atom is -0.477 e. The van der Waals surface area contributed by atoms with E-state index in [4.69, 9.17) is 9.84 Å². The second-order valence-corrected chi connectivity index (χ2v) is 3.27. The molecule has 84 valence electrons. The molecular formula is C10H11N3O3. The van der Waals surface area contributed by atoms with Crippen LogP contribution in [0.4, 0.5) is 0 Å². The van der Waals surface area contributed by atoms with Gasteiger partial charge in [-0.25, -0.2) is 4.79 Å². The van der Waals surface area contributed by atoms with Crippen molar-refractivity contribution in [1.82, 2.24) is 14.6 Å². The van der Waals surface area contributed by atoms with Crippen molar-refractivity contribution < 1.29 is 14.6 Å². The van der Waals surface area contributed by atoms with Crippen LogP contribution >= 0.6 is 0 Å². The number of nitrogens with zero attached hydrogens (tertiary/aromatic N) is 3. The van der Waals surface area contributed by atoms with Gasteiger partial charge in [0.2, 0.25) is 0 Å². The Morgan fingerprint density at radius 1 is 1.50 bits per heavy atom. The highest BCUT2D eigenvalue weighted by molar-refractivity contribution is 5.86. The summed E-state index contributed by atoms with van der Waals surface area (Å²) < 4.78 is 6.46. The molecule has 2 rings (SSSR count). The first kappa shape index (κ1) is 10.6. The maximum Gasteiger partial charge on any atom is 0.352 e. The first-order chi connectivity index (χ1) is 7.74. The fraction of sp³-hybridized carbons (Fsp3) is 0.300. The second kappa shape index (κ2) is 4.28. The molecule has 2 aromatic heterocycles. The van der Waals surface area contributed by atoms with E-state index in [9.17, 15) is 4.79 Å². The largest absolute Gasteiger partial charge is 0.477 e. The Balaban J connectivity index is 2.54. The summed E-state index contributed by atoms with van der Waals surface area (Å²) >= 11 is 0. The minimum absolute atomic E-state index is 0.161. The molecular weight excluding hydrogens is 210 g/mol. The summed E-state index contributed by atoms with van der Waals surface area (Å²) in [6.45, 7) is 0.481. The van der Waals surface area contributed by atoms with Crippen LogP contribution in [0.25, 0.3) is 5.65 Å². The molecule has 6 nitrogen and oxygen atoms in total. The zero-order valence-corrected chi connectivity index (χ0v) is 8.75. The van der Waals surface area contributed by atoms with E-state index in [2.05, 4.69) is 10.2 Å². The molecule has 0 aromatic carbocycles. The lowest BCUT2D eigenvalue weighted by Crippen LogP contribution is -2.09. The molecule has 0 aliphatic heterocycles. The highest BCUT2D eigenvalue weighted by atomic mass is 16.5. The van der Waals surface area contributed by atoms with E-state index in [-0.39, 0.29) is 5.69 Å². The first-order valence-electron chi connectivity index (χ1n) is 4.79. The smallest absolute Gasteiger partial charge is 0.352 e. The molecule has 0 fully saturated rings. The zero-order chi connectivity index (χ0) is 11.5. The Kier molecular flexibility index (Phi) is 2.82. The molecule has 1 N–H and O–H groups in total. The number of aromatic nitrogens is 3. The van der Waals surface area contributed by atoms with Gasteiger partial charge in [0.05, 0.1) is 6.61 Å². The summed E-state index contributed by atoms with van der Waals surface area (Å²) in [7, 11) is 1.58. The summed E-state index contributed by atoms with van der Waals surface area (Å²) in [5.41, 5.74) is 0.694. The van der Waals surface area contributed by atoms with E-state index in [0.717, 1.165) is 0 Å². The van der Waals surface area contributed by atoms with Crippen LogP contribution in [0.3, 0.4) is 0 Å². The number of rotatable bonds is 4. The van der Waals surface area contributed by atoms with Gasteiger partial charge in [0.15, 0.2) is 5.65 Å². The van der Waals surface area contributed by atoms with E-state index in [1.54, 1.807) is 19.2 Å². The number of ether oxygens (including phenoxy) is 1. The van der Waals surface area contributed by atoms with E-state index < -0.39 is 5.97 Å². The quantitative estimate of drug-likeness (QED) is 0.818. The third-order valence-electron chi connectivity index (χ3n) is 2.24. The van der Waals surface area contributed by atoms with Gasteiger partial charge >= 0.3 is 5.97 Å². The maximum atomic E-state index is 11.0. The van der Waals surface area contributed by atoms with Crippen molar-refractivity contribution in [3.05, 3.63) is 29.7 Å². The molecule has 2 heterocycles. The maximum absolute atomic E-state index is 11.0. The highest BCUT2D eigenvalue weighted by Gasteiger charge is 2.13. The molecule has 0 saturated carbocycles. The lowest BCUT2D eigenvalue weighted by Gasteiger charge is -2.02. The minimum atomic E-state index is -0.996. The number of hydrogen-bond acceptors (Lipinski definition) is 4. The van der Waals surface area contributed by atoms with Gasteiger partial charge in [0.1, 0.15) is 11.5 Å². The van der Waals surface area contributed by atoms with Crippen molar-refractivity contribution in [3.8, 4) is 0 Å². The average Bonchev–Trinajstić information content (AvgIpc) is 2.69. The number of hydrogen-bond donors (Lipinski definition) is 1. The Hall–Kier alpha value is -1.95. The number of carboxylic acid groups (broad SMARTS) is 1. The Morgan fingerprint density at radius 3 is 3.00 bits per heavy atom. The van der Waals surface area contributed by atoms with E-state index in [1.165, 1.54) is 10.5 Å². The van der Waals surface area contributed by atoms with Crippen molar-refractivity contribution >= 4 is 11.6 Å². The summed E-state index contributed by atoms with van der Waals surface area (Å²) in [6, 6.07) is 4.89. The van der Waals surface area contributed by atoms with Crippen LogP contribution in [0.1, 0.15) is 16.3 Å². The number of carbonyl (C=O) groups is 1. The lowest BCUT2D eigenvalue weighted by atomic mass is 10.3. The van der Waals surface area contributed by atoms with Gasteiger partial charge in [-0.2, -0.15) is 0 Å². The molecule has 0 bridgehead atoms. The molecule has 0 amide bonds. The molecule has 0 atom stereocenters. The normalized spacial score (nSPS) is 10.8. The van der Waals surface area contributed by atoms with Crippen LogP contribution in [0, 0.1) is 0 Å². The van der Waals surface area contributed by atoms with Crippen molar-refractivity contribution in [2.24, 2.45) is 0 Å². The van der Waals surface area contributed by atoms with Gasteiger partial charge in [-0.1, -0.05) is 6.07 Å². The Morgan fingerprint density at radius 2 is 2.31 bits per heavy atom. The van der Waals surface area contributed by atoms with Crippen molar-refractivity contribution in [3.63, 3.8) is 0 Å². The van der Waals surface area contributed by atoms with Crippen molar-refractivity contribution in [2.75, 3.05) is 13.7 Å². The van der Waals surface area contributed by atoms with Gasteiger partial charge in [0, 0.05) is 13.5 Å². The van der Waals surface area contributed by atoms with Gasteiger partial charge in [-0.15, -0.1) is 10.2 Å². The van der Waals surface area contributed by atoms with Crippen molar-refractivity contribution in [2.45, 2.75) is 6.42 Å². The Bertz CT molecular complexity index is 521. The Labute approximate surface area is 91.5 Å². The van der Waals surface area contributed by atoms with Gasteiger partial charge in [0.25, 0.3) is 0 Å². The molecule has 0 aliphatic carbocycles. The SMILES string of the molecule is COCCc1nnc2cccc(C(=O)O)n12. The van der Waals surface area contributed by atoms with Crippen LogP contribution in [-0.2, 0) is 11.2 Å². The van der Waals surface area contributed by atoms with Crippen LogP contribution in [0.5, 0.6) is 0 Å². The summed E-state index contributed by atoms with van der Waals surface area (Å²) in [4.78, 5) is 11.0. The predicted octanol–water partition coefficient (Wildman–Crippen LogP) is 0.616. The molecule has 0 unspecified atom stereocenters. The number of pyridine rings is 1. The molecule has 0 aliphatic rings. The highest BCUT2D eigenvalue weighted by Crippen LogP contribution is 2.09. The average molecular weight is 221 g/mol. The third-order valence-corrected chi connectivity index (χ3v) is 2.24. The third kappa shape index (κ3) is 1.74. The van der Waals surface area contributed by atoms with Crippen LogP contribution < -0.4 is 0 Å². The lowest BCUT2D eigenvalue weighted by molar-refractivity contribution is 0.0688. The van der Waals surface area contributed by atoms with Gasteiger partial charge in [-0.05, 0) is 12.1 Å². The number of carboxylic acids is 1. The number of methoxy groups -OCH3 is 1. The summed E-state index contributed by atoms with van der Waals surface area (Å²) in [5, 5.41) is 16.9. The molecule has 0 spiro atoms. The summed E-state index contributed by atoms with van der Waals surface area (Å²) in [5.74, 6) is -0.404.